The molecule has 31 heavy (non-hydrogen) atoms. The average molecular weight is 419 g/mol. The minimum absolute atomic E-state index is 0.184. The third kappa shape index (κ3) is 3.91. The number of likely N-dealkylation sites (tertiary alicyclic amines) is 1. The van der Waals surface area contributed by atoms with E-state index in [1.807, 2.05) is 32.0 Å². The minimum Gasteiger partial charge on any atom is -0.450 e. The molecule has 1 aliphatic rings. The summed E-state index contributed by atoms with van der Waals surface area (Å²) in [5.74, 6) is -0.875. The second-order valence-electron chi connectivity index (χ2n) is 7.98. The molecule has 0 atom stereocenters. The zero-order chi connectivity index (χ0) is 22.1. The summed E-state index contributed by atoms with van der Waals surface area (Å²) in [6.45, 7) is 4.69. The number of hydrogen-bond donors (Lipinski definition) is 2. The molecule has 0 aliphatic carbocycles. The Kier molecular flexibility index (Phi) is 5.50. The van der Waals surface area contributed by atoms with Gasteiger partial charge in [-0.2, -0.15) is 0 Å². The molecule has 0 saturated carbocycles. The number of carbonyl (C=O) groups excluding carboxylic acids is 3. The number of hydrogen-bond acceptors (Lipinski definition) is 4. The van der Waals surface area contributed by atoms with Crippen LogP contribution in [0, 0.1) is 19.8 Å². The summed E-state index contributed by atoms with van der Waals surface area (Å²) in [5, 5.41) is 3.74. The Morgan fingerprint density at radius 3 is 2.42 bits per heavy atom. The first-order valence-electron chi connectivity index (χ1n) is 10.3. The van der Waals surface area contributed by atoms with Gasteiger partial charge in [0.25, 0.3) is 11.8 Å². The SMILES string of the molecule is Cc1c(C(=O)Nc2ccccc2C(=O)N2CCC(C(N)=O)CC2)oc2c(C)cccc12. The standard InChI is InChI=1S/C24H25N3O4/c1-14-6-5-8-17-15(2)21(31-20(14)17)23(29)26-19-9-4-3-7-18(19)24(30)27-12-10-16(11-13-27)22(25)28/h3-9,16H,10-13H2,1-2H3,(H2,25,28)(H,26,29). The van der Waals surface area contributed by atoms with Crippen molar-refractivity contribution in [1.82, 2.24) is 4.90 Å². The smallest absolute Gasteiger partial charge is 0.291 e. The number of primary amides is 1. The summed E-state index contributed by atoms with van der Waals surface area (Å²) < 4.78 is 5.86. The van der Waals surface area contributed by atoms with Crippen molar-refractivity contribution in [2.75, 3.05) is 18.4 Å². The van der Waals surface area contributed by atoms with Crippen molar-refractivity contribution in [1.29, 1.82) is 0 Å². The van der Waals surface area contributed by atoms with Crippen molar-refractivity contribution in [3.05, 3.63) is 64.9 Å². The molecular formula is C24H25N3O4. The molecule has 1 fully saturated rings. The van der Waals surface area contributed by atoms with E-state index in [4.69, 9.17) is 10.2 Å². The second-order valence-corrected chi connectivity index (χ2v) is 7.98. The van der Waals surface area contributed by atoms with Gasteiger partial charge in [0.05, 0.1) is 11.3 Å². The number of anilines is 1. The second kappa shape index (κ2) is 8.26. The van der Waals surface area contributed by atoms with Gasteiger partial charge in [-0.15, -0.1) is 0 Å². The van der Waals surface area contributed by atoms with Gasteiger partial charge in [-0.25, -0.2) is 0 Å². The number of nitrogens with zero attached hydrogens (tertiary/aromatic N) is 1. The Morgan fingerprint density at radius 1 is 1.03 bits per heavy atom. The highest BCUT2D eigenvalue weighted by Crippen LogP contribution is 2.29. The van der Waals surface area contributed by atoms with Crippen LogP contribution in [-0.4, -0.2) is 35.7 Å². The first kappa shape index (κ1) is 20.7. The molecule has 2 heterocycles. The molecule has 1 saturated heterocycles. The van der Waals surface area contributed by atoms with E-state index in [0.29, 0.717) is 42.8 Å². The van der Waals surface area contributed by atoms with E-state index in [2.05, 4.69) is 5.32 Å². The van der Waals surface area contributed by atoms with Crippen LogP contribution >= 0.6 is 0 Å². The lowest BCUT2D eigenvalue weighted by molar-refractivity contribution is -0.123. The Morgan fingerprint density at radius 2 is 1.74 bits per heavy atom. The monoisotopic (exact) mass is 419 g/mol. The van der Waals surface area contributed by atoms with Crippen LogP contribution in [0.1, 0.15) is 44.9 Å². The number of furan rings is 1. The Balaban J connectivity index is 1.56. The van der Waals surface area contributed by atoms with Gasteiger partial charge in [-0.3, -0.25) is 14.4 Å². The molecule has 1 aromatic heterocycles. The summed E-state index contributed by atoms with van der Waals surface area (Å²) >= 11 is 0. The van der Waals surface area contributed by atoms with Crippen LogP contribution in [0.4, 0.5) is 5.69 Å². The van der Waals surface area contributed by atoms with Crippen molar-refractivity contribution < 1.29 is 18.8 Å². The molecule has 3 amide bonds. The maximum Gasteiger partial charge on any atom is 0.291 e. The predicted octanol–water partition coefficient (Wildman–Crippen LogP) is 3.64. The number of nitrogens with one attached hydrogen (secondary N) is 1. The number of fused-ring (bicyclic) bond motifs is 1. The third-order valence-corrected chi connectivity index (χ3v) is 5.96. The van der Waals surface area contributed by atoms with Crippen molar-refractivity contribution in [3.8, 4) is 0 Å². The number of aryl methyl sites for hydroxylation is 2. The zero-order valence-electron chi connectivity index (χ0n) is 17.6. The third-order valence-electron chi connectivity index (χ3n) is 5.96. The number of carbonyl (C=O) groups is 3. The Hall–Kier alpha value is -3.61. The van der Waals surface area contributed by atoms with E-state index >= 15 is 0 Å². The number of benzene rings is 2. The van der Waals surface area contributed by atoms with Gasteiger partial charge >= 0.3 is 0 Å². The fourth-order valence-electron chi connectivity index (χ4n) is 4.10. The summed E-state index contributed by atoms with van der Waals surface area (Å²) in [7, 11) is 0. The summed E-state index contributed by atoms with van der Waals surface area (Å²) in [6, 6.07) is 12.7. The number of rotatable bonds is 4. The van der Waals surface area contributed by atoms with E-state index in [9.17, 15) is 14.4 Å². The average Bonchev–Trinajstić information content (AvgIpc) is 3.12. The Bertz CT molecular complexity index is 1170. The van der Waals surface area contributed by atoms with Gasteiger partial charge in [-0.1, -0.05) is 30.3 Å². The quantitative estimate of drug-likeness (QED) is 0.673. The van der Waals surface area contributed by atoms with Crippen molar-refractivity contribution in [3.63, 3.8) is 0 Å². The lowest BCUT2D eigenvalue weighted by atomic mass is 9.95. The number of para-hydroxylation sites is 2. The van der Waals surface area contributed by atoms with E-state index in [-0.39, 0.29) is 23.5 Å². The van der Waals surface area contributed by atoms with Crippen molar-refractivity contribution in [2.24, 2.45) is 11.7 Å². The molecule has 160 valence electrons. The lowest BCUT2D eigenvalue weighted by Crippen LogP contribution is -2.42. The molecule has 0 spiro atoms. The van der Waals surface area contributed by atoms with Crippen molar-refractivity contribution >= 4 is 34.4 Å². The highest BCUT2D eigenvalue weighted by Gasteiger charge is 2.28. The van der Waals surface area contributed by atoms with Crippen LogP contribution in [0.25, 0.3) is 11.0 Å². The molecule has 2 aromatic carbocycles. The highest BCUT2D eigenvalue weighted by atomic mass is 16.3. The number of piperidine rings is 1. The fraction of sp³-hybridized carbons (Fsp3) is 0.292. The first-order chi connectivity index (χ1) is 14.9. The minimum atomic E-state index is -0.402. The lowest BCUT2D eigenvalue weighted by Gasteiger charge is -2.31. The molecule has 4 rings (SSSR count). The van der Waals surface area contributed by atoms with Gasteiger partial charge in [-0.05, 0) is 44.4 Å². The summed E-state index contributed by atoms with van der Waals surface area (Å²) in [4.78, 5) is 39.2. The van der Waals surface area contributed by atoms with Crippen LogP contribution in [0.5, 0.6) is 0 Å². The number of amides is 3. The maximum absolute atomic E-state index is 13.1. The Labute approximate surface area is 180 Å². The van der Waals surface area contributed by atoms with Gasteiger partial charge in [0.2, 0.25) is 5.91 Å². The normalized spacial score (nSPS) is 14.6. The van der Waals surface area contributed by atoms with Crippen LogP contribution in [-0.2, 0) is 4.79 Å². The van der Waals surface area contributed by atoms with Gasteiger partial charge in [0.15, 0.2) is 5.76 Å². The maximum atomic E-state index is 13.1. The number of nitrogens with two attached hydrogens (primary N) is 1. The molecule has 1 aliphatic heterocycles. The van der Waals surface area contributed by atoms with E-state index < -0.39 is 5.91 Å². The van der Waals surface area contributed by atoms with E-state index in [0.717, 1.165) is 16.5 Å². The molecule has 0 bridgehead atoms. The molecule has 3 N–H and O–H groups in total. The summed E-state index contributed by atoms with van der Waals surface area (Å²) in [6.07, 6.45) is 1.10. The molecule has 0 radical (unpaired) electrons. The van der Waals surface area contributed by atoms with Crippen LogP contribution in [0.3, 0.4) is 0 Å². The predicted molar refractivity (Wildman–Crippen MR) is 118 cm³/mol. The molecule has 7 heteroatoms. The fourth-order valence-corrected chi connectivity index (χ4v) is 4.10. The topological polar surface area (TPSA) is 106 Å². The van der Waals surface area contributed by atoms with Crippen molar-refractivity contribution in [2.45, 2.75) is 26.7 Å². The first-order valence-corrected chi connectivity index (χ1v) is 10.3. The highest BCUT2D eigenvalue weighted by molar-refractivity contribution is 6.10. The van der Waals surface area contributed by atoms with Crippen LogP contribution in [0.2, 0.25) is 0 Å². The van der Waals surface area contributed by atoms with Gasteiger partial charge in [0.1, 0.15) is 5.58 Å². The van der Waals surface area contributed by atoms with E-state index in [1.54, 1.807) is 29.2 Å². The molecule has 3 aromatic rings. The van der Waals surface area contributed by atoms with Crippen LogP contribution < -0.4 is 11.1 Å². The molecule has 7 nitrogen and oxygen atoms in total. The molecular weight excluding hydrogens is 394 g/mol. The van der Waals surface area contributed by atoms with Gasteiger partial charge < -0.3 is 20.4 Å². The summed E-state index contributed by atoms with van der Waals surface area (Å²) in [5.41, 5.74) is 8.61. The largest absolute Gasteiger partial charge is 0.450 e. The van der Waals surface area contributed by atoms with E-state index in [1.165, 1.54) is 0 Å². The zero-order valence-corrected chi connectivity index (χ0v) is 17.6. The van der Waals surface area contributed by atoms with Gasteiger partial charge in [0, 0.05) is 30.0 Å². The van der Waals surface area contributed by atoms with Crippen LogP contribution in [0.15, 0.2) is 46.9 Å². The molecule has 0 unspecified atom stereocenters.